The number of hydrogen-bond acceptors (Lipinski definition) is 2. The van der Waals surface area contributed by atoms with E-state index in [9.17, 15) is 5.11 Å². The van der Waals surface area contributed by atoms with Gasteiger partial charge in [-0.1, -0.05) is 13.8 Å². The van der Waals surface area contributed by atoms with E-state index in [4.69, 9.17) is 0 Å². The molecule has 4 fully saturated rings. The molecule has 20 heavy (non-hydrogen) atoms. The third-order valence-electron chi connectivity index (χ3n) is 7.01. The molecule has 0 aromatic heterocycles. The molecule has 0 spiro atoms. The van der Waals surface area contributed by atoms with Gasteiger partial charge in [-0.25, -0.2) is 0 Å². The molecular formula is C18H33NO. The Bertz CT molecular complexity index is 325. The van der Waals surface area contributed by atoms with E-state index in [2.05, 4.69) is 26.1 Å². The van der Waals surface area contributed by atoms with Gasteiger partial charge < -0.3 is 10.4 Å². The van der Waals surface area contributed by atoms with Gasteiger partial charge in [0.2, 0.25) is 0 Å². The van der Waals surface area contributed by atoms with Crippen molar-refractivity contribution >= 4 is 0 Å². The fraction of sp³-hybridized carbons (Fsp3) is 1.00. The number of rotatable bonds is 5. The molecule has 2 N–H and O–H groups in total. The Balaban J connectivity index is 1.64. The molecule has 2 unspecified atom stereocenters. The van der Waals surface area contributed by atoms with Crippen molar-refractivity contribution in [2.45, 2.75) is 77.9 Å². The maximum atomic E-state index is 10.5. The third kappa shape index (κ3) is 2.54. The average Bonchev–Trinajstić information content (AvgIpc) is 2.34. The molecule has 4 saturated carbocycles. The van der Waals surface area contributed by atoms with Crippen molar-refractivity contribution < 1.29 is 5.11 Å². The molecule has 0 saturated heterocycles. The van der Waals surface area contributed by atoms with Crippen LogP contribution in [0, 0.1) is 29.1 Å². The quantitative estimate of drug-likeness (QED) is 0.806. The Hall–Kier alpha value is -0.0800. The van der Waals surface area contributed by atoms with E-state index in [1.165, 1.54) is 38.5 Å². The highest BCUT2D eigenvalue weighted by Gasteiger charge is 2.53. The highest BCUT2D eigenvalue weighted by molar-refractivity contribution is 5.05. The minimum atomic E-state index is -0.587. The smallest absolute Gasteiger partial charge is 0.0766 e. The van der Waals surface area contributed by atoms with Crippen molar-refractivity contribution in [1.29, 1.82) is 0 Å². The van der Waals surface area contributed by atoms with Crippen LogP contribution in [0.3, 0.4) is 0 Å². The first-order chi connectivity index (χ1) is 9.31. The van der Waals surface area contributed by atoms with Gasteiger partial charge in [0.05, 0.1) is 5.60 Å². The largest absolute Gasteiger partial charge is 0.389 e. The zero-order valence-corrected chi connectivity index (χ0v) is 13.8. The lowest BCUT2D eigenvalue weighted by molar-refractivity contribution is -0.0756. The summed E-state index contributed by atoms with van der Waals surface area (Å²) in [6, 6.07) is 0.557. The maximum Gasteiger partial charge on any atom is 0.0766 e. The van der Waals surface area contributed by atoms with E-state index in [-0.39, 0.29) is 0 Å². The van der Waals surface area contributed by atoms with Crippen LogP contribution in [0.4, 0.5) is 0 Å². The Morgan fingerprint density at radius 2 is 1.50 bits per heavy atom. The molecule has 0 radical (unpaired) electrons. The molecule has 2 atom stereocenters. The van der Waals surface area contributed by atoms with E-state index >= 15 is 0 Å². The normalized spacial score (nSPS) is 43.8. The molecule has 0 heterocycles. The van der Waals surface area contributed by atoms with E-state index in [0.717, 1.165) is 24.3 Å². The summed E-state index contributed by atoms with van der Waals surface area (Å²) in [5.74, 6) is 3.34. The molecule has 4 aliphatic carbocycles. The number of nitrogens with one attached hydrogen (secondary N) is 1. The fourth-order valence-electron chi connectivity index (χ4n) is 5.49. The Labute approximate surface area is 124 Å². The molecule has 116 valence electrons. The van der Waals surface area contributed by atoms with Crippen LogP contribution in [0.2, 0.25) is 0 Å². The molecule has 4 bridgehead atoms. The first kappa shape index (κ1) is 14.8. The summed E-state index contributed by atoms with van der Waals surface area (Å²) in [4.78, 5) is 0. The van der Waals surface area contributed by atoms with Crippen LogP contribution < -0.4 is 5.32 Å². The van der Waals surface area contributed by atoms with Gasteiger partial charge in [-0.05, 0) is 81.5 Å². The zero-order chi connectivity index (χ0) is 14.5. The van der Waals surface area contributed by atoms with E-state index < -0.39 is 5.60 Å². The Morgan fingerprint density at radius 1 is 1.05 bits per heavy atom. The van der Waals surface area contributed by atoms with Gasteiger partial charge in [0.1, 0.15) is 0 Å². The second-order valence-corrected chi connectivity index (χ2v) is 8.89. The first-order valence-corrected chi connectivity index (χ1v) is 8.76. The van der Waals surface area contributed by atoms with Gasteiger partial charge in [-0.3, -0.25) is 0 Å². The van der Waals surface area contributed by atoms with E-state index in [1.807, 2.05) is 6.92 Å². The zero-order valence-electron chi connectivity index (χ0n) is 13.8. The van der Waals surface area contributed by atoms with Crippen LogP contribution in [0.5, 0.6) is 0 Å². The summed E-state index contributed by atoms with van der Waals surface area (Å²) in [5.41, 5.74) is -0.0433. The van der Waals surface area contributed by atoms with E-state index in [1.54, 1.807) is 0 Å². The lowest BCUT2D eigenvalue weighted by atomic mass is 9.48. The Morgan fingerprint density at radius 3 is 1.90 bits per heavy atom. The van der Waals surface area contributed by atoms with Gasteiger partial charge in [0, 0.05) is 12.6 Å². The second-order valence-electron chi connectivity index (χ2n) is 8.89. The molecule has 0 amide bonds. The van der Waals surface area contributed by atoms with Gasteiger partial charge in [-0.2, -0.15) is 0 Å². The van der Waals surface area contributed by atoms with Gasteiger partial charge in [-0.15, -0.1) is 0 Å². The first-order valence-electron chi connectivity index (χ1n) is 8.76. The lowest BCUT2D eigenvalue weighted by Crippen LogP contribution is -2.57. The van der Waals surface area contributed by atoms with E-state index in [0.29, 0.717) is 17.4 Å². The molecule has 2 heteroatoms. The van der Waals surface area contributed by atoms with Crippen molar-refractivity contribution in [3.8, 4) is 0 Å². The van der Waals surface area contributed by atoms with Crippen LogP contribution in [0.15, 0.2) is 0 Å². The predicted octanol–water partition coefficient (Wildman–Crippen LogP) is 3.59. The van der Waals surface area contributed by atoms with Gasteiger partial charge >= 0.3 is 0 Å². The maximum absolute atomic E-state index is 10.5. The summed E-state index contributed by atoms with van der Waals surface area (Å²) in [6.45, 7) is 9.29. The summed E-state index contributed by atoms with van der Waals surface area (Å²) >= 11 is 0. The Kier molecular flexibility index (Phi) is 3.70. The van der Waals surface area contributed by atoms with Crippen LogP contribution in [-0.4, -0.2) is 23.3 Å². The van der Waals surface area contributed by atoms with Crippen LogP contribution in [0.1, 0.15) is 66.2 Å². The molecule has 4 rings (SSSR count). The topological polar surface area (TPSA) is 32.3 Å². The monoisotopic (exact) mass is 279 g/mol. The molecule has 0 aliphatic heterocycles. The summed E-state index contributed by atoms with van der Waals surface area (Å²) < 4.78 is 0. The number of hydrogen-bond donors (Lipinski definition) is 2. The highest BCUT2D eigenvalue weighted by Crippen LogP contribution is 2.61. The minimum Gasteiger partial charge on any atom is -0.389 e. The molecule has 0 aromatic rings. The SMILES string of the molecule is CC(C)C(C)(O)CNC(C)C12CC3CC(CC(C3)C1)C2. The minimum absolute atomic E-state index is 0.304. The summed E-state index contributed by atoms with van der Waals surface area (Å²) in [5, 5.41) is 14.2. The highest BCUT2D eigenvalue weighted by atomic mass is 16.3. The average molecular weight is 279 g/mol. The standard InChI is InChI=1S/C18H33NO/c1-12(2)17(4,20)11-19-13(3)18-8-14-5-15(9-18)7-16(6-14)10-18/h12-16,19-20H,5-11H2,1-4H3. The second kappa shape index (κ2) is 4.98. The fourth-order valence-corrected chi connectivity index (χ4v) is 5.49. The third-order valence-corrected chi connectivity index (χ3v) is 7.01. The predicted molar refractivity (Wildman–Crippen MR) is 83.5 cm³/mol. The molecule has 2 nitrogen and oxygen atoms in total. The summed E-state index contributed by atoms with van der Waals surface area (Å²) in [7, 11) is 0. The van der Waals surface area contributed by atoms with Crippen LogP contribution >= 0.6 is 0 Å². The van der Waals surface area contributed by atoms with Gasteiger partial charge in [0.15, 0.2) is 0 Å². The van der Waals surface area contributed by atoms with Crippen molar-refractivity contribution in [3.63, 3.8) is 0 Å². The molecule has 0 aromatic carbocycles. The van der Waals surface area contributed by atoms with Crippen LogP contribution in [0.25, 0.3) is 0 Å². The van der Waals surface area contributed by atoms with Crippen LogP contribution in [-0.2, 0) is 0 Å². The van der Waals surface area contributed by atoms with Crippen molar-refractivity contribution in [1.82, 2.24) is 5.32 Å². The number of aliphatic hydroxyl groups is 1. The van der Waals surface area contributed by atoms with Crippen molar-refractivity contribution in [3.05, 3.63) is 0 Å². The summed E-state index contributed by atoms with van der Waals surface area (Å²) in [6.07, 6.45) is 8.85. The molecule has 4 aliphatic rings. The van der Waals surface area contributed by atoms with Crippen molar-refractivity contribution in [2.75, 3.05) is 6.54 Å². The lowest BCUT2D eigenvalue weighted by Gasteiger charge is -2.59. The molecular weight excluding hydrogens is 246 g/mol. The van der Waals surface area contributed by atoms with Gasteiger partial charge in [0.25, 0.3) is 0 Å². The van der Waals surface area contributed by atoms with Crippen molar-refractivity contribution in [2.24, 2.45) is 29.1 Å².